The van der Waals surface area contributed by atoms with Gasteiger partial charge in [-0.25, -0.2) is 0 Å². The van der Waals surface area contributed by atoms with Crippen LogP contribution in [0.4, 0.5) is 34.1 Å². The Labute approximate surface area is 194 Å². The first-order chi connectivity index (χ1) is 16.4. The van der Waals surface area contributed by atoms with Crippen LogP contribution in [0.5, 0.6) is 17.2 Å². The molecule has 0 atom stereocenters. The lowest BCUT2D eigenvalue weighted by Crippen LogP contribution is -2.11. The number of nitrogens with two attached hydrogens (primary N) is 1. The number of nitrogens with zero attached hydrogens (tertiary/aromatic N) is 2. The smallest absolute Gasteiger partial charge is 0.255 e. The number of carbonyl (C=O) groups is 1. The van der Waals surface area contributed by atoms with Gasteiger partial charge in [0.15, 0.2) is 11.5 Å². The van der Waals surface area contributed by atoms with E-state index in [0.29, 0.717) is 28.3 Å². The van der Waals surface area contributed by atoms with Gasteiger partial charge in [-0.2, -0.15) is 0 Å². The monoisotopic (exact) mass is 455 g/mol. The third-order valence-corrected chi connectivity index (χ3v) is 4.81. The maximum Gasteiger partial charge on any atom is 0.255 e. The number of carbonyl (C=O) groups excluding carboxylic acids is 1. The van der Waals surface area contributed by atoms with Crippen molar-refractivity contribution in [1.82, 2.24) is 0 Å². The molecule has 4 rings (SSSR count). The summed E-state index contributed by atoms with van der Waals surface area (Å²) < 4.78 is 0. The molecule has 0 aromatic heterocycles. The second kappa shape index (κ2) is 9.61. The zero-order chi connectivity index (χ0) is 24.1. The Balaban J connectivity index is 1.42. The van der Waals surface area contributed by atoms with Gasteiger partial charge >= 0.3 is 0 Å². The molecule has 0 spiro atoms. The second-order valence-electron chi connectivity index (χ2n) is 7.33. The zero-order valence-electron chi connectivity index (χ0n) is 17.8. The van der Waals surface area contributed by atoms with Crippen LogP contribution >= 0.6 is 0 Å². The molecule has 0 unspecified atom stereocenters. The number of hydrogen-bond acceptors (Lipinski definition) is 8. The predicted molar refractivity (Wildman–Crippen MR) is 131 cm³/mol. The largest absolute Gasteiger partial charge is 0.508 e. The maximum atomic E-state index is 12.3. The van der Waals surface area contributed by atoms with E-state index in [2.05, 4.69) is 20.9 Å². The Bertz CT molecular complexity index is 1360. The van der Waals surface area contributed by atoms with E-state index in [1.54, 1.807) is 42.5 Å². The molecule has 0 aliphatic heterocycles. The van der Waals surface area contributed by atoms with Gasteiger partial charge in [-0.3, -0.25) is 4.79 Å². The second-order valence-corrected chi connectivity index (χ2v) is 7.33. The van der Waals surface area contributed by atoms with Crippen LogP contribution in [0.25, 0.3) is 0 Å². The molecule has 0 radical (unpaired) electrons. The number of rotatable bonds is 6. The Morgan fingerprint density at radius 3 is 2.09 bits per heavy atom. The minimum atomic E-state index is -0.507. The predicted octanol–water partition coefficient (Wildman–Crippen LogP) is 5.80. The van der Waals surface area contributed by atoms with Crippen molar-refractivity contribution in [3.8, 4) is 17.2 Å². The number of hydrogen-bond donors (Lipinski definition) is 6. The third-order valence-electron chi connectivity index (χ3n) is 4.81. The van der Waals surface area contributed by atoms with E-state index in [1.807, 2.05) is 30.3 Å². The lowest BCUT2D eigenvalue weighted by Gasteiger charge is -2.10. The summed E-state index contributed by atoms with van der Waals surface area (Å²) in [6, 6.07) is 23.4. The van der Waals surface area contributed by atoms with Crippen molar-refractivity contribution in [3.05, 3.63) is 90.5 Å². The fraction of sp³-hybridized carbons (Fsp3) is 0. The van der Waals surface area contributed by atoms with E-state index in [-0.39, 0.29) is 17.3 Å². The van der Waals surface area contributed by atoms with E-state index in [4.69, 9.17) is 5.73 Å². The Kier molecular flexibility index (Phi) is 6.26. The molecule has 4 aromatic carbocycles. The summed E-state index contributed by atoms with van der Waals surface area (Å²) in [4.78, 5) is 12.3. The van der Waals surface area contributed by atoms with Crippen LogP contribution in [0.2, 0.25) is 0 Å². The van der Waals surface area contributed by atoms with E-state index in [0.717, 1.165) is 17.8 Å². The van der Waals surface area contributed by atoms with Crippen molar-refractivity contribution in [2.75, 3.05) is 16.4 Å². The summed E-state index contributed by atoms with van der Waals surface area (Å²) in [5.74, 6) is -1.45. The van der Waals surface area contributed by atoms with Crippen LogP contribution in [-0.2, 0) is 0 Å². The van der Waals surface area contributed by atoms with E-state index < -0.39 is 11.5 Å². The van der Waals surface area contributed by atoms with Crippen molar-refractivity contribution in [2.45, 2.75) is 0 Å². The number of anilines is 4. The summed E-state index contributed by atoms with van der Waals surface area (Å²) in [6.45, 7) is 0. The molecule has 9 nitrogen and oxygen atoms in total. The average Bonchev–Trinajstić information content (AvgIpc) is 2.83. The van der Waals surface area contributed by atoms with Crippen LogP contribution < -0.4 is 16.4 Å². The maximum absolute atomic E-state index is 12.3. The zero-order valence-corrected chi connectivity index (χ0v) is 17.8. The van der Waals surface area contributed by atoms with Crippen molar-refractivity contribution in [3.63, 3.8) is 0 Å². The van der Waals surface area contributed by atoms with Crippen LogP contribution in [-0.4, -0.2) is 21.2 Å². The van der Waals surface area contributed by atoms with Gasteiger partial charge < -0.3 is 31.7 Å². The average molecular weight is 455 g/mol. The van der Waals surface area contributed by atoms with Gasteiger partial charge in [0.1, 0.15) is 17.1 Å². The molecular weight excluding hydrogens is 434 g/mol. The summed E-state index contributed by atoms with van der Waals surface area (Å²) >= 11 is 0. The van der Waals surface area contributed by atoms with Crippen molar-refractivity contribution < 1.29 is 20.1 Å². The van der Waals surface area contributed by atoms with Gasteiger partial charge in [0.05, 0.1) is 5.69 Å². The molecule has 0 aliphatic rings. The number of amides is 1. The highest BCUT2D eigenvalue weighted by Crippen LogP contribution is 2.40. The van der Waals surface area contributed by atoms with Gasteiger partial charge in [-0.1, -0.05) is 18.2 Å². The Morgan fingerprint density at radius 2 is 1.38 bits per heavy atom. The topological polar surface area (TPSA) is 153 Å². The first-order valence-electron chi connectivity index (χ1n) is 10.2. The molecule has 34 heavy (non-hydrogen) atoms. The lowest BCUT2D eigenvalue weighted by molar-refractivity contribution is 0.102. The number of nitrogen functional groups attached to an aromatic ring is 1. The first kappa shape index (κ1) is 22.2. The van der Waals surface area contributed by atoms with Crippen molar-refractivity contribution >= 4 is 40.0 Å². The van der Waals surface area contributed by atoms with Gasteiger partial charge in [0.2, 0.25) is 0 Å². The molecule has 4 aromatic rings. The molecule has 0 saturated carbocycles. The van der Waals surface area contributed by atoms with Gasteiger partial charge in [0.25, 0.3) is 5.91 Å². The standard InChI is InChI=1S/C25H21N5O4/c26-20-12-18(10-11-21(20)29-30-22-13-19(31)14-23(32)24(22)33)27-16-6-8-17(9-7-16)28-25(34)15-4-2-1-3-5-15/h1-14,27,31-33H,26H2,(H,28,34). The van der Waals surface area contributed by atoms with Gasteiger partial charge in [-0.15, -0.1) is 10.2 Å². The highest BCUT2D eigenvalue weighted by molar-refractivity contribution is 6.04. The number of azo groups is 1. The highest BCUT2D eigenvalue weighted by Gasteiger charge is 2.09. The first-order valence-corrected chi connectivity index (χ1v) is 10.2. The quantitative estimate of drug-likeness (QED) is 0.0935. The number of benzene rings is 4. The lowest BCUT2D eigenvalue weighted by atomic mass is 10.2. The van der Waals surface area contributed by atoms with E-state index in [1.165, 1.54) is 0 Å². The molecule has 1 amide bonds. The molecule has 0 fully saturated rings. The summed E-state index contributed by atoms with van der Waals surface area (Å²) in [5, 5.41) is 42.8. The number of phenolic OH excluding ortho intramolecular Hbond substituents is 3. The van der Waals surface area contributed by atoms with Gasteiger partial charge in [-0.05, 0) is 54.6 Å². The Morgan fingerprint density at radius 1 is 0.735 bits per heavy atom. The molecule has 0 heterocycles. The molecule has 0 aliphatic carbocycles. The fourth-order valence-corrected chi connectivity index (χ4v) is 3.09. The van der Waals surface area contributed by atoms with Crippen LogP contribution in [0.1, 0.15) is 10.4 Å². The Hall–Kier alpha value is -5.05. The van der Waals surface area contributed by atoms with E-state index >= 15 is 0 Å². The van der Waals surface area contributed by atoms with Crippen molar-refractivity contribution in [1.29, 1.82) is 0 Å². The SMILES string of the molecule is Nc1cc(Nc2ccc(NC(=O)c3ccccc3)cc2)ccc1N=Nc1cc(O)cc(O)c1O. The minimum absolute atomic E-state index is 0.0986. The van der Waals surface area contributed by atoms with Gasteiger partial charge in [0, 0.05) is 34.8 Å². The normalized spacial score (nSPS) is 10.8. The summed E-state index contributed by atoms with van der Waals surface area (Å²) in [5.41, 5.74) is 9.36. The third kappa shape index (κ3) is 5.22. The highest BCUT2D eigenvalue weighted by atomic mass is 16.3. The fourth-order valence-electron chi connectivity index (χ4n) is 3.09. The van der Waals surface area contributed by atoms with Crippen LogP contribution in [0, 0.1) is 0 Å². The molecule has 0 bridgehead atoms. The van der Waals surface area contributed by atoms with Crippen molar-refractivity contribution in [2.24, 2.45) is 10.2 Å². The minimum Gasteiger partial charge on any atom is -0.508 e. The van der Waals surface area contributed by atoms with Crippen LogP contribution in [0.15, 0.2) is 95.2 Å². The molecular formula is C25H21N5O4. The summed E-state index contributed by atoms with van der Waals surface area (Å²) in [6.07, 6.45) is 0. The summed E-state index contributed by atoms with van der Waals surface area (Å²) in [7, 11) is 0. The molecule has 9 heteroatoms. The number of nitrogens with one attached hydrogen (secondary N) is 2. The molecule has 0 saturated heterocycles. The molecule has 7 N–H and O–H groups in total. The van der Waals surface area contributed by atoms with E-state index in [9.17, 15) is 20.1 Å². The van der Waals surface area contributed by atoms with Crippen LogP contribution in [0.3, 0.4) is 0 Å². The number of phenols is 3. The molecule has 170 valence electrons. The number of aromatic hydroxyl groups is 3.